The zero-order valence-corrected chi connectivity index (χ0v) is 14.7. The smallest absolute Gasteiger partial charge is 0.244 e. The fourth-order valence-corrected chi connectivity index (χ4v) is 2.50. The molecule has 0 aliphatic carbocycles. The van der Waals surface area contributed by atoms with E-state index >= 15 is 0 Å². The molecule has 1 aliphatic rings. The lowest BCUT2D eigenvalue weighted by Crippen LogP contribution is -2.19. The van der Waals surface area contributed by atoms with E-state index < -0.39 is 0 Å². The number of nitrogens with one attached hydrogen (secondary N) is 1. The van der Waals surface area contributed by atoms with Crippen LogP contribution in [-0.2, 0) is 11.2 Å². The highest BCUT2D eigenvalue weighted by Crippen LogP contribution is 2.32. The Hall–Kier alpha value is -3.22. The lowest BCUT2D eigenvalue weighted by molar-refractivity contribution is -0.120. The second-order valence-electron chi connectivity index (χ2n) is 5.50. The first-order chi connectivity index (χ1) is 12.7. The van der Waals surface area contributed by atoms with E-state index in [4.69, 9.17) is 18.9 Å². The molecule has 1 amide bonds. The number of amides is 1. The Kier molecular flexibility index (Phi) is 5.58. The van der Waals surface area contributed by atoms with E-state index in [1.54, 1.807) is 37.6 Å². The summed E-state index contributed by atoms with van der Waals surface area (Å²) >= 11 is 0. The molecule has 0 fully saturated rings. The number of hydrazone groups is 1. The van der Waals surface area contributed by atoms with Gasteiger partial charge in [-0.25, -0.2) is 5.43 Å². The van der Waals surface area contributed by atoms with Crippen molar-refractivity contribution in [3.8, 4) is 23.0 Å². The van der Waals surface area contributed by atoms with Crippen LogP contribution in [0.1, 0.15) is 18.1 Å². The maximum Gasteiger partial charge on any atom is 0.244 e. The summed E-state index contributed by atoms with van der Waals surface area (Å²) in [6, 6.07) is 10.8. The van der Waals surface area contributed by atoms with Gasteiger partial charge in [-0.05, 0) is 48.4 Å². The van der Waals surface area contributed by atoms with Gasteiger partial charge in [0.2, 0.25) is 12.7 Å². The van der Waals surface area contributed by atoms with Gasteiger partial charge in [0.05, 0.1) is 26.4 Å². The number of fused-ring (bicyclic) bond motifs is 1. The number of ether oxygens (including phenoxy) is 4. The number of rotatable bonds is 7. The predicted molar refractivity (Wildman–Crippen MR) is 96.2 cm³/mol. The minimum atomic E-state index is -0.223. The summed E-state index contributed by atoms with van der Waals surface area (Å²) in [5.74, 6) is 2.40. The van der Waals surface area contributed by atoms with Gasteiger partial charge in [0.25, 0.3) is 0 Å². The van der Waals surface area contributed by atoms with Crippen LogP contribution < -0.4 is 24.4 Å². The van der Waals surface area contributed by atoms with Gasteiger partial charge in [0.1, 0.15) is 0 Å². The molecular formula is C19H20N2O5. The van der Waals surface area contributed by atoms with E-state index in [0.29, 0.717) is 29.6 Å². The van der Waals surface area contributed by atoms with Gasteiger partial charge in [-0.3, -0.25) is 4.79 Å². The highest BCUT2D eigenvalue weighted by molar-refractivity contribution is 5.84. The summed E-state index contributed by atoms with van der Waals surface area (Å²) in [6.07, 6.45) is 1.75. The van der Waals surface area contributed by atoms with Crippen LogP contribution in [0.3, 0.4) is 0 Å². The van der Waals surface area contributed by atoms with Crippen LogP contribution in [0.2, 0.25) is 0 Å². The second kappa shape index (κ2) is 8.24. The highest BCUT2D eigenvalue weighted by Gasteiger charge is 2.14. The molecule has 26 heavy (non-hydrogen) atoms. The van der Waals surface area contributed by atoms with Crippen molar-refractivity contribution in [2.75, 3.05) is 20.5 Å². The van der Waals surface area contributed by atoms with E-state index in [9.17, 15) is 4.79 Å². The Morgan fingerprint density at radius 1 is 1.19 bits per heavy atom. The predicted octanol–water partition coefficient (Wildman–Crippen LogP) is 2.52. The number of carbonyl (C=O) groups excluding carboxylic acids is 1. The van der Waals surface area contributed by atoms with Gasteiger partial charge in [-0.1, -0.05) is 6.07 Å². The Balaban J connectivity index is 1.58. The lowest BCUT2D eigenvalue weighted by Gasteiger charge is -2.09. The third kappa shape index (κ3) is 4.24. The number of methoxy groups -OCH3 is 1. The molecule has 1 aliphatic heterocycles. The largest absolute Gasteiger partial charge is 0.493 e. The van der Waals surface area contributed by atoms with Gasteiger partial charge >= 0.3 is 0 Å². The third-order valence-electron chi connectivity index (χ3n) is 3.69. The molecule has 2 aromatic carbocycles. The summed E-state index contributed by atoms with van der Waals surface area (Å²) in [6.45, 7) is 2.64. The van der Waals surface area contributed by atoms with Gasteiger partial charge in [-0.15, -0.1) is 0 Å². The molecule has 136 valence electrons. The molecule has 1 N–H and O–H groups in total. The normalized spacial score (nSPS) is 12.2. The van der Waals surface area contributed by atoms with Crippen molar-refractivity contribution in [2.24, 2.45) is 5.10 Å². The van der Waals surface area contributed by atoms with Crippen molar-refractivity contribution in [1.29, 1.82) is 0 Å². The minimum Gasteiger partial charge on any atom is -0.493 e. The van der Waals surface area contributed by atoms with Crippen LogP contribution >= 0.6 is 0 Å². The second-order valence-corrected chi connectivity index (χ2v) is 5.50. The standard InChI is InChI=1S/C19H20N2O5/c1-3-24-17-9-14(5-6-15(17)23-2)11-20-21-19(22)10-13-4-7-16-18(8-13)26-12-25-16/h4-9,11H,3,10,12H2,1-2H3,(H,21,22)/b20-11-. The summed E-state index contributed by atoms with van der Waals surface area (Å²) < 4.78 is 21.3. The van der Waals surface area contributed by atoms with Crippen molar-refractivity contribution in [3.05, 3.63) is 47.5 Å². The molecule has 7 nitrogen and oxygen atoms in total. The summed E-state index contributed by atoms with van der Waals surface area (Å²) in [5.41, 5.74) is 4.13. The minimum absolute atomic E-state index is 0.195. The fraction of sp³-hybridized carbons (Fsp3) is 0.263. The van der Waals surface area contributed by atoms with Gasteiger partial charge in [0.15, 0.2) is 23.0 Å². The Labute approximate surface area is 151 Å². The quantitative estimate of drug-likeness (QED) is 0.609. The summed E-state index contributed by atoms with van der Waals surface area (Å²) in [4.78, 5) is 12.0. The first-order valence-corrected chi connectivity index (χ1v) is 8.21. The SMILES string of the molecule is CCOc1cc(/C=N\NC(=O)Cc2ccc3c(c2)OCO3)ccc1OC. The summed E-state index contributed by atoms with van der Waals surface area (Å²) in [5, 5.41) is 3.99. The van der Waals surface area contributed by atoms with Crippen molar-refractivity contribution in [3.63, 3.8) is 0 Å². The monoisotopic (exact) mass is 356 g/mol. The Bertz CT molecular complexity index is 820. The molecule has 3 rings (SSSR count). The summed E-state index contributed by atoms with van der Waals surface area (Å²) in [7, 11) is 1.59. The number of benzene rings is 2. The zero-order valence-electron chi connectivity index (χ0n) is 14.7. The van der Waals surface area contributed by atoms with Crippen LogP contribution in [0.25, 0.3) is 0 Å². The molecular weight excluding hydrogens is 336 g/mol. The maximum atomic E-state index is 12.0. The van der Waals surface area contributed by atoms with E-state index in [2.05, 4.69) is 10.5 Å². The van der Waals surface area contributed by atoms with E-state index in [1.165, 1.54) is 0 Å². The third-order valence-corrected chi connectivity index (χ3v) is 3.69. The average Bonchev–Trinajstić information content (AvgIpc) is 3.10. The number of hydrogen-bond donors (Lipinski definition) is 1. The molecule has 0 radical (unpaired) electrons. The average molecular weight is 356 g/mol. The number of carbonyl (C=O) groups is 1. The van der Waals surface area contributed by atoms with Crippen molar-refractivity contribution in [2.45, 2.75) is 13.3 Å². The molecule has 0 spiro atoms. The van der Waals surface area contributed by atoms with Crippen LogP contribution in [0, 0.1) is 0 Å². The lowest BCUT2D eigenvalue weighted by atomic mass is 10.1. The molecule has 0 unspecified atom stereocenters. The first-order valence-electron chi connectivity index (χ1n) is 8.21. The van der Waals surface area contributed by atoms with Gasteiger partial charge < -0.3 is 18.9 Å². The zero-order chi connectivity index (χ0) is 18.4. The fourth-order valence-electron chi connectivity index (χ4n) is 2.50. The van der Waals surface area contributed by atoms with Gasteiger partial charge in [-0.2, -0.15) is 5.10 Å². The molecule has 0 aromatic heterocycles. The van der Waals surface area contributed by atoms with E-state index in [0.717, 1.165) is 11.1 Å². The maximum absolute atomic E-state index is 12.0. The van der Waals surface area contributed by atoms with Crippen LogP contribution in [0.5, 0.6) is 23.0 Å². The molecule has 2 aromatic rings. The van der Waals surface area contributed by atoms with E-state index in [-0.39, 0.29) is 19.1 Å². The van der Waals surface area contributed by atoms with Crippen molar-refractivity contribution < 1.29 is 23.7 Å². The van der Waals surface area contributed by atoms with Crippen LogP contribution in [-0.4, -0.2) is 32.6 Å². The highest BCUT2D eigenvalue weighted by atomic mass is 16.7. The molecule has 0 saturated heterocycles. The van der Waals surface area contributed by atoms with Gasteiger partial charge in [0, 0.05) is 0 Å². The van der Waals surface area contributed by atoms with Crippen LogP contribution in [0.15, 0.2) is 41.5 Å². The van der Waals surface area contributed by atoms with Crippen molar-refractivity contribution in [1.82, 2.24) is 5.43 Å². The molecule has 0 saturated carbocycles. The number of nitrogens with zero attached hydrogens (tertiary/aromatic N) is 1. The van der Waals surface area contributed by atoms with Crippen LogP contribution in [0.4, 0.5) is 0 Å². The Morgan fingerprint density at radius 3 is 2.85 bits per heavy atom. The first kappa shape index (κ1) is 17.6. The topological polar surface area (TPSA) is 78.4 Å². The molecule has 0 bridgehead atoms. The molecule has 7 heteroatoms. The molecule has 1 heterocycles. The van der Waals surface area contributed by atoms with Crippen molar-refractivity contribution >= 4 is 12.1 Å². The molecule has 0 atom stereocenters. The van der Waals surface area contributed by atoms with E-state index in [1.807, 2.05) is 19.1 Å². The Morgan fingerprint density at radius 2 is 2.04 bits per heavy atom. The number of hydrogen-bond acceptors (Lipinski definition) is 6.